The van der Waals surface area contributed by atoms with Gasteiger partial charge in [-0.15, -0.1) is 0 Å². The molecule has 4 heteroatoms. The van der Waals surface area contributed by atoms with Gasteiger partial charge in [0.1, 0.15) is 0 Å². The zero-order chi connectivity index (χ0) is 16.8. The van der Waals surface area contributed by atoms with Gasteiger partial charge in [-0.05, 0) is 49.6 Å². The lowest BCUT2D eigenvalue weighted by Gasteiger charge is -2.12. The van der Waals surface area contributed by atoms with Crippen LogP contribution < -0.4 is 5.32 Å². The van der Waals surface area contributed by atoms with Crippen LogP contribution in [0.1, 0.15) is 24.6 Å². The highest BCUT2D eigenvalue weighted by Crippen LogP contribution is 2.22. The van der Waals surface area contributed by atoms with Crippen molar-refractivity contribution in [3.8, 4) is 11.3 Å². The van der Waals surface area contributed by atoms with Crippen LogP contribution in [0, 0.1) is 0 Å². The van der Waals surface area contributed by atoms with E-state index in [1.165, 1.54) is 5.56 Å². The Morgan fingerprint density at radius 1 is 1.08 bits per heavy atom. The van der Waals surface area contributed by atoms with Gasteiger partial charge in [-0.1, -0.05) is 47.1 Å². The minimum absolute atomic E-state index is 0.417. The zero-order valence-corrected chi connectivity index (χ0v) is 14.5. The summed E-state index contributed by atoms with van der Waals surface area (Å²) in [5, 5.41) is 8.35. The van der Waals surface area contributed by atoms with E-state index in [1.807, 2.05) is 36.4 Å². The molecule has 2 aromatic carbocycles. The molecule has 0 amide bonds. The third-order valence-electron chi connectivity index (χ3n) is 4.03. The Balaban J connectivity index is 1.49. The fourth-order valence-electron chi connectivity index (χ4n) is 2.55. The van der Waals surface area contributed by atoms with Gasteiger partial charge in [-0.3, -0.25) is 0 Å². The minimum Gasteiger partial charge on any atom is -0.356 e. The van der Waals surface area contributed by atoms with E-state index in [1.54, 1.807) is 0 Å². The molecule has 1 aromatic heterocycles. The molecule has 3 aromatic rings. The fraction of sp³-hybridized carbons (Fsp3) is 0.250. The van der Waals surface area contributed by atoms with Crippen LogP contribution in [0.25, 0.3) is 11.3 Å². The van der Waals surface area contributed by atoms with Crippen molar-refractivity contribution < 1.29 is 4.52 Å². The zero-order valence-electron chi connectivity index (χ0n) is 13.7. The number of hydrogen-bond donors (Lipinski definition) is 1. The molecule has 1 N–H and O–H groups in total. The van der Waals surface area contributed by atoms with Crippen LogP contribution in [-0.4, -0.2) is 11.2 Å². The van der Waals surface area contributed by atoms with E-state index in [-0.39, 0.29) is 0 Å². The molecule has 0 aliphatic rings. The van der Waals surface area contributed by atoms with Crippen LogP contribution in [0.5, 0.6) is 0 Å². The van der Waals surface area contributed by atoms with E-state index in [2.05, 4.69) is 41.7 Å². The molecule has 0 aliphatic heterocycles. The number of nitrogens with one attached hydrogen (secondary N) is 1. The van der Waals surface area contributed by atoms with Crippen molar-refractivity contribution in [3.63, 3.8) is 0 Å². The van der Waals surface area contributed by atoms with E-state index < -0.39 is 0 Å². The molecule has 1 unspecified atom stereocenters. The highest BCUT2D eigenvalue weighted by Gasteiger charge is 2.08. The molecule has 0 radical (unpaired) electrons. The minimum atomic E-state index is 0.417. The lowest BCUT2D eigenvalue weighted by molar-refractivity contribution is 0.414. The van der Waals surface area contributed by atoms with Crippen molar-refractivity contribution in [2.24, 2.45) is 0 Å². The molecule has 0 saturated carbocycles. The molecular weight excluding hydrogens is 320 g/mol. The van der Waals surface area contributed by atoms with E-state index in [9.17, 15) is 0 Å². The smallest absolute Gasteiger partial charge is 0.167 e. The fourth-order valence-corrected chi connectivity index (χ4v) is 2.68. The van der Waals surface area contributed by atoms with Crippen molar-refractivity contribution in [2.45, 2.75) is 32.4 Å². The Hall–Kier alpha value is -2.10. The first-order valence-corrected chi connectivity index (χ1v) is 8.57. The number of benzene rings is 2. The van der Waals surface area contributed by atoms with Gasteiger partial charge in [0.15, 0.2) is 5.76 Å². The standard InChI is InChI=1S/C20H21ClN2O/c1-15(7-8-16-5-3-2-4-6-16)22-14-19-13-20(24-23-19)17-9-11-18(21)12-10-17/h2-6,9-13,15,22H,7-8,14H2,1H3. The molecule has 1 atom stereocenters. The van der Waals surface area contributed by atoms with Crippen molar-refractivity contribution in [1.82, 2.24) is 10.5 Å². The second kappa shape index (κ2) is 8.13. The average Bonchev–Trinajstić information content (AvgIpc) is 3.09. The van der Waals surface area contributed by atoms with Crippen LogP contribution in [0.15, 0.2) is 65.2 Å². The van der Waals surface area contributed by atoms with Gasteiger partial charge in [0.25, 0.3) is 0 Å². The normalized spacial score (nSPS) is 12.2. The van der Waals surface area contributed by atoms with Gasteiger partial charge in [0.2, 0.25) is 0 Å². The van der Waals surface area contributed by atoms with E-state index in [0.717, 1.165) is 29.9 Å². The van der Waals surface area contributed by atoms with Gasteiger partial charge in [0, 0.05) is 29.2 Å². The van der Waals surface area contributed by atoms with E-state index in [4.69, 9.17) is 16.1 Å². The molecule has 3 nitrogen and oxygen atoms in total. The molecular formula is C20H21ClN2O. The monoisotopic (exact) mass is 340 g/mol. The Bertz CT molecular complexity index is 753. The number of halogens is 1. The lowest BCUT2D eigenvalue weighted by Crippen LogP contribution is -2.26. The van der Waals surface area contributed by atoms with Crippen molar-refractivity contribution in [2.75, 3.05) is 0 Å². The van der Waals surface area contributed by atoms with Gasteiger partial charge in [-0.25, -0.2) is 0 Å². The number of aromatic nitrogens is 1. The maximum atomic E-state index is 5.91. The summed E-state index contributed by atoms with van der Waals surface area (Å²) in [7, 11) is 0. The number of rotatable bonds is 7. The third-order valence-corrected chi connectivity index (χ3v) is 4.28. The largest absolute Gasteiger partial charge is 0.356 e. The van der Waals surface area contributed by atoms with Crippen LogP contribution in [0.4, 0.5) is 0 Å². The average molecular weight is 341 g/mol. The summed E-state index contributed by atoms with van der Waals surface area (Å²) < 4.78 is 5.42. The summed E-state index contributed by atoms with van der Waals surface area (Å²) in [5.74, 6) is 0.764. The summed E-state index contributed by atoms with van der Waals surface area (Å²) >= 11 is 5.91. The second-order valence-corrected chi connectivity index (χ2v) is 6.43. The molecule has 0 bridgehead atoms. The van der Waals surface area contributed by atoms with Gasteiger partial charge in [-0.2, -0.15) is 0 Å². The Labute approximate surface area is 147 Å². The third kappa shape index (κ3) is 4.70. The Morgan fingerprint density at radius 3 is 2.58 bits per heavy atom. The summed E-state index contributed by atoms with van der Waals surface area (Å²) in [6.07, 6.45) is 2.16. The molecule has 0 saturated heterocycles. The van der Waals surface area contributed by atoms with Gasteiger partial charge in [0.05, 0.1) is 5.69 Å². The van der Waals surface area contributed by atoms with Crippen LogP contribution in [-0.2, 0) is 13.0 Å². The SMILES string of the molecule is CC(CCc1ccccc1)NCc1cc(-c2ccc(Cl)cc2)on1. The first-order valence-electron chi connectivity index (χ1n) is 8.19. The van der Waals surface area contributed by atoms with Crippen molar-refractivity contribution in [1.29, 1.82) is 0 Å². The first kappa shape index (κ1) is 16.7. The summed E-state index contributed by atoms with van der Waals surface area (Å²) in [6.45, 7) is 2.90. The number of nitrogens with zero attached hydrogens (tertiary/aromatic N) is 1. The van der Waals surface area contributed by atoms with Gasteiger partial charge >= 0.3 is 0 Å². The predicted octanol–water partition coefficient (Wildman–Crippen LogP) is 5.11. The summed E-state index contributed by atoms with van der Waals surface area (Å²) in [4.78, 5) is 0. The van der Waals surface area contributed by atoms with Crippen molar-refractivity contribution >= 4 is 11.6 Å². The highest BCUT2D eigenvalue weighted by molar-refractivity contribution is 6.30. The molecule has 0 aliphatic carbocycles. The molecule has 24 heavy (non-hydrogen) atoms. The summed E-state index contributed by atoms with van der Waals surface area (Å²) in [5.41, 5.74) is 3.26. The van der Waals surface area contributed by atoms with E-state index in [0.29, 0.717) is 17.6 Å². The van der Waals surface area contributed by atoms with Crippen molar-refractivity contribution in [3.05, 3.63) is 76.9 Å². The molecule has 3 rings (SSSR count). The maximum Gasteiger partial charge on any atom is 0.167 e. The quantitative estimate of drug-likeness (QED) is 0.649. The first-order chi connectivity index (χ1) is 11.7. The number of aryl methyl sites for hydroxylation is 1. The van der Waals surface area contributed by atoms with Crippen LogP contribution >= 0.6 is 11.6 Å². The topological polar surface area (TPSA) is 38.1 Å². The number of hydrogen-bond acceptors (Lipinski definition) is 3. The molecule has 124 valence electrons. The van der Waals surface area contributed by atoms with Crippen LogP contribution in [0.2, 0.25) is 5.02 Å². The van der Waals surface area contributed by atoms with Crippen LogP contribution in [0.3, 0.4) is 0 Å². The van der Waals surface area contributed by atoms with E-state index >= 15 is 0 Å². The second-order valence-electron chi connectivity index (χ2n) is 6.00. The molecule has 0 fully saturated rings. The summed E-state index contributed by atoms with van der Waals surface area (Å²) in [6, 6.07) is 20.5. The maximum absolute atomic E-state index is 5.91. The van der Waals surface area contributed by atoms with Gasteiger partial charge < -0.3 is 9.84 Å². The molecule has 1 heterocycles. The highest BCUT2D eigenvalue weighted by atomic mass is 35.5. The lowest BCUT2D eigenvalue weighted by atomic mass is 10.1. The Morgan fingerprint density at radius 2 is 1.83 bits per heavy atom. The predicted molar refractivity (Wildman–Crippen MR) is 98.0 cm³/mol. The molecule has 0 spiro atoms. The Kier molecular flexibility index (Phi) is 5.68.